The molecule has 0 bridgehead atoms. The van der Waals surface area contributed by atoms with Gasteiger partial charge >= 0.3 is 7.82 Å². The molecule has 0 rings (SSSR count). The fraction of sp³-hybridized carbons (Fsp3) is 1.00. The van der Waals surface area contributed by atoms with E-state index in [-0.39, 0.29) is 13.2 Å². The van der Waals surface area contributed by atoms with Gasteiger partial charge in [-0.2, -0.15) is 0 Å². The lowest BCUT2D eigenvalue weighted by atomic mass is 10.4. The van der Waals surface area contributed by atoms with Gasteiger partial charge in [0.1, 0.15) is 12.3 Å². The summed E-state index contributed by atoms with van der Waals surface area (Å²) in [5.74, 6) is 0. The fourth-order valence-electron chi connectivity index (χ4n) is 0.556. The third-order valence-corrected chi connectivity index (χ3v) is 1.52. The summed E-state index contributed by atoms with van der Waals surface area (Å²) in [7, 11) is -4.56. The largest absolute Gasteiger partial charge is 0.469 e. The molecule has 0 spiro atoms. The SMILES string of the molecule is NC(O)COCC(O)COP(=O)(O)O. The predicted molar refractivity (Wildman–Crippen MR) is 45.0 cm³/mol. The van der Waals surface area contributed by atoms with Crippen LogP contribution in [0.25, 0.3) is 0 Å². The van der Waals surface area contributed by atoms with Crippen molar-refractivity contribution >= 4 is 7.82 Å². The molecule has 9 heteroatoms. The summed E-state index contributed by atoms with van der Waals surface area (Å²) in [6.45, 7) is -0.952. The van der Waals surface area contributed by atoms with Crippen LogP contribution in [0.15, 0.2) is 0 Å². The molecule has 0 saturated heterocycles. The molecule has 0 amide bonds. The van der Waals surface area contributed by atoms with E-state index in [2.05, 4.69) is 9.26 Å². The minimum Gasteiger partial charge on any atom is -0.388 e. The van der Waals surface area contributed by atoms with Crippen molar-refractivity contribution in [1.29, 1.82) is 0 Å². The number of aliphatic hydroxyl groups is 2. The van der Waals surface area contributed by atoms with Crippen LogP contribution in [0.5, 0.6) is 0 Å². The molecule has 0 aromatic carbocycles. The molecule has 0 fully saturated rings. The highest BCUT2D eigenvalue weighted by atomic mass is 31.2. The molecule has 0 heterocycles. The minimum atomic E-state index is -4.56. The lowest BCUT2D eigenvalue weighted by molar-refractivity contribution is -0.0225. The maximum Gasteiger partial charge on any atom is 0.469 e. The molecule has 8 nitrogen and oxygen atoms in total. The number of ether oxygens (including phenoxy) is 1. The van der Waals surface area contributed by atoms with Crippen LogP contribution in [0.4, 0.5) is 0 Å². The van der Waals surface area contributed by atoms with Crippen LogP contribution in [0, 0.1) is 0 Å². The van der Waals surface area contributed by atoms with Crippen molar-refractivity contribution in [2.45, 2.75) is 12.3 Å². The quantitative estimate of drug-likeness (QED) is 0.244. The van der Waals surface area contributed by atoms with E-state index in [9.17, 15) is 4.57 Å². The number of rotatable bonds is 7. The van der Waals surface area contributed by atoms with Crippen molar-refractivity contribution < 1.29 is 33.8 Å². The van der Waals surface area contributed by atoms with E-state index in [0.29, 0.717) is 0 Å². The van der Waals surface area contributed by atoms with E-state index in [1.54, 1.807) is 0 Å². The first-order valence-electron chi connectivity index (χ1n) is 3.71. The summed E-state index contributed by atoms with van der Waals surface area (Å²) in [6, 6.07) is 0. The zero-order chi connectivity index (χ0) is 11.2. The lowest BCUT2D eigenvalue weighted by Gasteiger charge is -2.12. The van der Waals surface area contributed by atoms with Gasteiger partial charge in [0.25, 0.3) is 0 Å². The number of hydrogen-bond acceptors (Lipinski definition) is 6. The number of nitrogens with two attached hydrogens (primary N) is 1. The van der Waals surface area contributed by atoms with Gasteiger partial charge in [0.2, 0.25) is 0 Å². The number of phosphoric ester groups is 1. The summed E-state index contributed by atoms with van der Waals surface area (Å²) in [4.78, 5) is 16.5. The van der Waals surface area contributed by atoms with Gasteiger partial charge in [-0.3, -0.25) is 4.52 Å². The Labute approximate surface area is 80.5 Å². The Morgan fingerprint density at radius 2 is 1.79 bits per heavy atom. The molecule has 0 aromatic rings. The molecule has 0 radical (unpaired) electrons. The summed E-state index contributed by atoms with van der Waals surface area (Å²) in [6.07, 6.45) is -2.33. The highest BCUT2D eigenvalue weighted by Gasteiger charge is 2.16. The van der Waals surface area contributed by atoms with Crippen LogP contribution in [-0.4, -0.2) is 52.2 Å². The van der Waals surface area contributed by atoms with Gasteiger partial charge in [-0.15, -0.1) is 0 Å². The van der Waals surface area contributed by atoms with Gasteiger partial charge in [-0.1, -0.05) is 0 Å². The van der Waals surface area contributed by atoms with Crippen molar-refractivity contribution in [2.24, 2.45) is 5.73 Å². The monoisotopic (exact) mass is 231 g/mol. The second kappa shape index (κ2) is 6.44. The minimum absolute atomic E-state index is 0.174. The molecular formula is C5H14NO7P. The van der Waals surface area contributed by atoms with Crippen molar-refractivity contribution in [3.05, 3.63) is 0 Å². The molecule has 0 aromatic heterocycles. The van der Waals surface area contributed by atoms with Gasteiger partial charge in [-0.25, -0.2) is 4.57 Å². The predicted octanol–water partition coefficient (Wildman–Crippen LogP) is -2.25. The van der Waals surface area contributed by atoms with Gasteiger partial charge in [0.15, 0.2) is 0 Å². The molecular weight excluding hydrogens is 217 g/mol. The van der Waals surface area contributed by atoms with Gasteiger partial charge in [-0.05, 0) is 0 Å². The lowest BCUT2D eigenvalue weighted by Crippen LogP contribution is -2.29. The van der Waals surface area contributed by atoms with Crippen molar-refractivity contribution in [3.8, 4) is 0 Å². The Balaban J connectivity index is 3.46. The van der Waals surface area contributed by atoms with Gasteiger partial charge in [0.05, 0.1) is 19.8 Å². The molecule has 0 aliphatic rings. The highest BCUT2D eigenvalue weighted by molar-refractivity contribution is 7.46. The molecule has 6 N–H and O–H groups in total. The second-order valence-corrected chi connectivity index (χ2v) is 3.78. The van der Waals surface area contributed by atoms with E-state index in [1.807, 2.05) is 0 Å². The molecule has 0 aliphatic carbocycles. The number of aliphatic hydroxyl groups excluding tert-OH is 2. The van der Waals surface area contributed by atoms with E-state index in [1.165, 1.54) is 0 Å². The summed E-state index contributed by atoms with van der Waals surface area (Å²) >= 11 is 0. The Bertz CT molecular complexity index is 193. The summed E-state index contributed by atoms with van der Waals surface area (Å²) in [5, 5.41) is 17.5. The van der Waals surface area contributed by atoms with Crippen LogP contribution in [0.1, 0.15) is 0 Å². The fourth-order valence-corrected chi connectivity index (χ4v) is 0.922. The van der Waals surface area contributed by atoms with Crippen molar-refractivity contribution in [1.82, 2.24) is 0 Å². The molecule has 0 aliphatic heterocycles. The van der Waals surface area contributed by atoms with Crippen LogP contribution in [0.3, 0.4) is 0 Å². The molecule has 2 atom stereocenters. The van der Waals surface area contributed by atoms with Crippen LogP contribution >= 0.6 is 7.82 Å². The van der Waals surface area contributed by atoms with E-state index >= 15 is 0 Å². The van der Waals surface area contributed by atoms with Gasteiger partial charge in [0, 0.05) is 0 Å². The van der Waals surface area contributed by atoms with Crippen molar-refractivity contribution in [3.63, 3.8) is 0 Å². The highest BCUT2D eigenvalue weighted by Crippen LogP contribution is 2.35. The zero-order valence-corrected chi connectivity index (χ0v) is 8.21. The zero-order valence-electron chi connectivity index (χ0n) is 7.31. The maximum absolute atomic E-state index is 10.2. The first-order chi connectivity index (χ1) is 6.31. The standard InChI is InChI=1S/C5H14NO7P/c6-5(8)3-12-1-4(7)2-13-14(9,10)11/h4-5,7-8H,1-3,6H2,(H2,9,10,11). The third-order valence-electron chi connectivity index (χ3n) is 1.03. The summed E-state index contributed by atoms with van der Waals surface area (Å²) in [5.41, 5.74) is 4.92. The average molecular weight is 231 g/mol. The average Bonchev–Trinajstić information content (AvgIpc) is 1.99. The maximum atomic E-state index is 10.2. The molecule has 86 valence electrons. The first kappa shape index (κ1) is 13.9. The van der Waals surface area contributed by atoms with E-state index < -0.39 is 26.8 Å². The third kappa shape index (κ3) is 10.0. The van der Waals surface area contributed by atoms with Crippen molar-refractivity contribution in [2.75, 3.05) is 19.8 Å². The Kier molecular flexibility index (Phi) is 6.41. The number of hydrogen-bond donors (Lipinski definition) is 5. The van der Waals surface area contributed by atoms with Gasteiger partial charge < -0.3 is 30.5 Å². The Hall–Kier alpha value is -0.0500. The smallest absolute Gasteiger partial charge is 0.388 e. The van der Waals surface area contributed by atoms with E-state index in [4.69, 9.17) is 25.7 Å². The van der Waals surface area contributed by atoms with Crippen LogP contribution < -0.4 is 5.73 Å². The molecule has 14 heavy (non-hydrogen) atoms. The second-order valence-electron chi connectivity index (χ2n) is 2.54. The van der Waals surface area contributed by atoms with E-state index in [0.717, 1.165) is 0 Å². The molecule has 2 unspecified atom stereocenters. The summed E-state index contributed by atoms with van der Waals surface area (Å²) < 4.78 is 18.8. The van der Waals surface area contributed by atoms with Crippen LogP contribution in [-0.2, 0) is 13.8 Å². The number of phosphoric acid groups is 1. The Morgan fingerprint density at radius 1 is 1.21 bits per heavy atom. The topological polar surface area (TPSA) is 142 Å². The molecule has 0 saturated carbocycles. The first-order valence-corrected chi connectivity index (χ1v) is 5.24. The Morgan fingerprint density at radius 3 is 2.21 bits per heavy atom. The normalized spacial score (nSPS) is 16.6. The van der Waals surface area contributed by atoms with Crippen LogP contribution in [0.2, 0.25) is 0 Å².